The molecule has 0 spiro atoms. The highest BCUT2D eigenvalue weighted by Crippen LogP contribution is 2.28. The molecule has 2 heterocycles. The molecule has 0 unspecified atom stereocenters. The molecular formula is C16H19Cl2N5O2S2. The Hall–Kier alpha value is -1.10. The molecular weight excluding hydrogens is 429 g/mol. The minimum Gasteiger partial charge on any atom is -0.374 e. The Morgan fingerprint density at radius 3 is 2.93 bits per heavy atom. The summed E-state index contributed by atoms with van der Waals surface area (Å²) in [7, 11) is 0. The minimum atomic E-state index is -0.0943. The number of nitrogens with two attached hydrogens (primary N) is 1. The second-order valence-corrected chi connectivity index (χ2v) is 9.15. The standard InChI is InChI=1S/C16H19Cl2N5O2S2/c1-10(24)23(27-16-21-20-15(19)26-16)9-12-8-22(4-5-25-12)7-11-2-3-13(17)14(18)6-11/h2-3,6,12H,4-5,7-9H2,1H3,(H2,19,20)/t12-/m0/s1. The molecule has 1 aliphatic rings. The van der Waals surface area contributed by atoms with E-state index in [4.69, 9.17) is 33.7 Å². The Balaban J connectivity index is 1.58. The second-order valence-electron chi connectivity index (χ2n) is 6.05. The summed E-state index contributed by atoms with van der Waals surface area (Å²) in [6.07, 6.45) is -0.0943. The monoisotopic (exact) mass is 447 g/mol. The molecule has 1 fully saturated rings. The number of benzene rings is 1. The fourth-order valence-electron chi connectivity index (χ4n) is 2.70. The average Bonchev–Trinajstić information content (AvgIpc) is 3.03. The van der Waals surface area contributed by atoms with Gasteiger partial charge in [0.05, 0.1) is 29.3 Å². The van der Waals surface area contributed by atoms with Gasteiger partial charge in [0.15, 0.2) is 4.34 Å². The lowest BCUT2D eigenvalue weighted by Gasteiger charge is -2.35. The van der Waals surface area contributed by atoms with Gasteiger partial charge in [-0.1, -0.05) is 40.6 Å². The number of anilines is 1. The Bertz CT molecular complexity index is 807. The van der Waals surface area contributed by atoms with Crippen molar-refractivity contribution in [2.24, 2.45) is 0 Å². The van der Waals surface area contributed by atoms with Gasteiger partial charge in [-0.05, 0) is 17.7 Å². The molecule has 0 aliphatic carbocycles. The molecule has 1 aliphatic heterocycles. The Morgan fingerprint density at radius 2 is 2.26 bits per heavy atom. The maximum atomic E-state index is 12.0. The molecule has 0 bridgehead atoms. The predicted octanol–water partition coefficient (Wildman–Crippen LogP) is 3.18. The van der Waals surface area contributed by atoms with Crippen LogP contribution in [0.15, 0.2) is 22.5 Å². The molecule has 27 heavy (non-hydrogen) atoms. The van der Waals surface area contributed by atoms with Crippen LogP contribution in [0.5, 0.6) is 0 Å². The summed E-state index contributed by atoms with van der Waals surface area (Å²) >= 11 is 14.6. The van der Waals surface area contributed by atoms with Gasteiger partial charge in [0.2, 0.25) is 11.0 Å². The Morgan fingerprint density at radius 1 is 1.44 bits per heavy atom. The number of halogens is 2. The van der Waals surface area contributed by atoms with E-state index in [-0.39, 0.29) is 12.0 Å². The van der Waals surface area contributed by atoms with Crippen molar-refractivity contribution in [3.05, 3.63) is 33.8 Å². The van der Waals surface area contributed by atoms with E-state index in [2.05, 4.69) is 15.1 Å². The first-order valence-corrected chi connectivity index (χ1v) is 10.6. The summed E-state index contributed by atoms with van der Waals surface area (Å²) in [6.45, 7) is 4.86. The van der Waals surface area contributed by atoms with Crippen LogP contribution < -0.4 is 5.73 Å². The number of hydrogen-bond donors (Lipinski definition) is 1. The van der Waals surface area contributed by atoms with E-state index in [0.29, 0.717) is 39.2 Å². The molecule has 1 aromatic heterocycles. The molecule has 2 aromatic rings. The highest BCUT2D eigenvalue weighted by atomic mass is 35.5. The van der Waals surface area contributed by atoms with E-state index in [1.807, 2.05) is 12.1 Å². The topological polar surface area (TPSA) is 84.6 Å². The summed E-state index contributed by atoms with van der Waals surface area (Å²) in [4.78, 5) is 14.3. The van der Waals surface area contributed by atoms with E-state index in [1.165, 1.54) is 30.2 Å². The minimum absolute atomic E-state index is 0.0704. The largest absolute Gasteiger partial charge is 0.374 e. The first kappa shape index (κ1) is 20.6. The summed E-state index contributed by atoms with van der Waals surface area (Å²) in [5.41, 5.74) is 6.70. The molecule has 146 valence electrons. The van der Waals surface area contributed by atoms with Crippen LogP contribution in [0.3, 0.4) is 0 Å². The van der Waals surface area contributed by atoms with Gasteiger partial charge >= 0.3 is 0 Å². The Kier molecular flexibility index (Phi) is 7.18. The fourth-order valence-corrected chi connectivity index (χ4v) is 4.67. The van der Waals surface area contributed by atoms with Crippen molar-refractivity contribution in [3.63, 3.8) is 0 Å². The van der Waals surface area contributed by atoms with Crippen LogP contribution in [-0.2, 0) is 16.1 Å². The van der Waals surface area contributed by atoms with E-state index < -0.39 is 0 Å². The van der Waals surface area contributed by atoms with Crippen LogP contribution >= 0.6 is 46.5 Å². The molecule has 3 rings (SSSR count). The van der Waals surface area contributed by atoms with Crippen LogP contribution in [0.25, 0.3) is 0 Å². The molecule has 0 radical (unpaired) electrons. The zero-order valence-electron chi connectivity index (χ0n) is 14.6. The van der Waals surface area contributed by atoms with Gasteiger partial charge in [-0.15, -0.1) is 10.2 Å². The summed E-state index contributed by atoms with van der Waals surface area (Å²) in [5, 5.41) is 9.21. The van der Waals surface area contributed by atoms with Gasteiger partial charge in [-0.25, -0.2) is 0 Å². The van der Waals surface area contributed by atoms with Crippen molar-refractivity contribution >= 4 is 57.5 Å². The fraction of sp³-hybridized carbons (Fsp3) is 0.438. The van der Waals surface area contributed by atoms with Crippen molar-refractivity contribution in [2.45, 2.75) is 23.9 Å². The average molecular weight is 448 g/mol. The number of aromatic nitrogens is 2. The number of nitrogen functional groups attached to an aromatic ring is 1. The maximum Gasteiger partial charge on any atom is 0.229 e. The number of ether oxygens (including phenoxy) is 1. The predicted molar refractivity (Wildman–Crippen MR) is 109 cm³/mol. The molecule has 7 nitrogen and oxygen atoms in total. The summed E-state index contributed by atoms with van der Waals surface area (Å²) < 4.78 is 8.12. The van der Waals surface area contributed by atoms with Crippen LogP contribution in [-0.4, -0.2) is 57.7 Å². The number of amides is 1. The van der Waals surface area contributed by atoms with Gasteiger partial charge in [0.25, 0.3) is 0 Å². The first-order chi connectivity index (χ1) is 12.9. The zero-order valence-corrected chi connectivity index (χ0v) is 17.7. The number of rotatable bonds is 6. The van der Waals surface area contributed by atoms with Gasteiger partial charge in [0, 0.05) is 38.5 Å². The molecule has 1 amide bonds. The van der Waals surface area contributed by atoms with E-state index in [1.54, 1.807) is 10.4 Å². The number of nitrogens with zero attached hydrogens (tertiary/aromatic N) is 4. The molecule has 11 heteroatoms. The van der Waals surface area contributed by atoms with Crippen LogP contribution in [0.2, 0.25) is 10.0 Å². The lowest BCUT2D eigenvalue weighted by Crippen LogP contribution is -2.46. The van der Waals surface area contributed by atoms with Crippen LogP contribution in [0.4, 0.5) is 5.13 Å². The maximum absolute atomic E-state index is 12.0. The van der Waals surface area contributed by atoms with E-state index in [0.717, 1.165) is 18.7 Å². The molecule has 1 atom stereocenters. The molecule has 1 aromatic carbocycles. The van der Waals surface area contributed by atoms with Crippen LogP contribution in [0, 0.1) is 0 Å². The number of morpholine rings is 1. The normalized spacial score (nSPS) is 17.8. The van der Waals surface area contributed by atoms with Crippen LogP contribution in [0.1, 0.15) is 12.5 Å². The quantitative estimate of drug-likeness (QED) is 0.680. The Labute approximate surface area is 175 Å². The first-order valence-electron chi connectivity index (χ1n) is 8.23. The second kappa shape index (κ2) is 9.40. The molecule has 2 N–H and O–H groups in total. The number of carbonyl (C=O) groups excluding carboxylic acids is 1. The van der Waals surface area contributed by atoms with Crippen molar-refractivity contribution in [1.82, 2.24) is 19.4 Å². The lowest BCUT2D eigenvalue weighted by atomic mass is 10.2. The third kappa shape index (κ3) is 5.94. The SMILES string of the molecule is CC(=O)N(C[C@@H]1CN(Cc2ccc(Cl)c(Cl)c2)CCO1)Sc1nnc(N)s1. The van der Waals surface area contributed by atoms with E-state index >= 15 is 0 Å². The van der Waals surface area contributed by atoms with E-state index in [9.17, 15) is 4.79 Å². The van der Waals surface area contributed by atoms with Crippen molar-refractivity contribution < 1.29 is 9.53 Å². The van der Waals surface area contributed by atoms with Gasteiger partial charge in [0.1, 0.15) is 0 Å². The van der Waals surface area contributed by atoms with Crippen molar-refractivity contribution in [2.75, 3.05) is 32.0 Å². The highest BCUT2D eigenvalue weighted by molar-refractivity contribution is 7.99. The molecule has 0 saturated carbocycles. The lowest BCUT2D eigenvalue weighted by molar-refractivity contribution is -0.126. The van der Waals surface area contributed by atoms with Crippen molar-refractivity contribution in [1.29, 1.82) is 0 Å². The summed E-state index contributed by atoms with van der Waals surface area (Å²) in [6, 6.07) is 5.65. The summed E-state index contributed by atoms with van der Waals surface area (Å²) in [5.74, 6) is -0.0704. The number of hydrogen-bond acceptors (Lipinski definition) is 8. The third-order valence-electron chi connectivity index (χ3n) is 3.94. The molecule has 1 saturated heterocycles. The third-order valence-corrected chi connectivity index (χ3v) is 6.57. The van der Waals surface area contributed by atoms with Gasteiger partial charge in [-0.3, -0.25) is 14.0 Å². The number of carbonyl (C=O) groups is 1. The smallest absolute Gasteiger partial charge is 0.229 e. The zero-order chi connectivity index (χ0) is 19.4. The van der Waals surface area contributed by atoms with Gasteiger partial charge in [-0.2, -0.15) is 0 Å². The van der Waals surface area contributed by atoms with Crippen molar-refractivity contribution in [3.8, 4) is 0 Å². The van der Waals surface area contributed by atoms with Gasteiger partial charge < -0.3 is 10.5 Å². The highest BCUT2D eigenvalue weighted by Gasteiger charge is 2.25.